The molecule has 0 fully saturated rings. The van der Waals surface area contributed by atoms with Crippen LogP contribution in [0.1, 0.15) is 11.1 Å². The van der Waals surface area contributed by atoms with Gasteiger partial charge in [-0.2, -0.15) is 0 Å². The van der Waals surface area contributed by atoms with Gasteiger partial charge in [0.2, 0.25) is 0 Å². The average Bonchev–Trinajstić information content (AvgIpc) is 2.55. The van der Waals surface area contributed by atoms with E-state index >= 15 is 0 Å². The van der Waals surface area contributed by atoms with Crippen LogP contribution in [0.25, 0.3) is 0 Å². The monoisotopic (exact) mass is 370 g/mol. The number of sulfonamides is 1. The molecule has 2 rings (SSSR count). The molecule has 0 heterocycles. The molecule has 0 atom stereocenters. The van der Waals surface area contributed by atoms with Crippen LogP contribution in [0.4, 0.5) is 8.78 Å². The van der Waals surface area contributed by atoms with Gasteiger partial charge in [-0.1, -0.05) is 18.2 Å². The predicted octanol–water partition coefficient (Wildman–Crippen LogP) is 1.97. The van der Waals surface area contributed by atoms with E-state index in [9.17, 15) is 22.0 Å². The molecule has 0 saturated heterocycles. The molecule has 2 aromatic rings. The van der Waals surface area contributed by atoms with Crippen molar-refractivity contribution in [1.82, 2.24) is 10.3 Å². The highest BCUT2D eigenvalue weighted by Gasteiger charge is 2.20. The van der Waals surface area contributed by atoms with Crippen molar-refractivity contribution < 1.29 is 26.7 Å². The summed E-state index contributed by atoms with van der Waals surface area (Å²) in [4.78, 5) is 12.5. The minimum atomic E-state index is -4.46. The van der Waals surface area contributed by atoms with E-state index in [4.69, 9.17) is 4.74 Å². The molecule has 0 aliphatic rings. The van der Waals surface area contributed by atoms with Crippen molar-refractivity contribution in [1.29, 1.82) is 0 Å². The first-order valence-corrected chi connectivity index (χ1v) is 8.64. The molecular weight excluding hydrogens is 354 g/mol. The number of para-hydroxylation sites is 1. The van der Waals surface area contributed by atoms with Crippen molar-refractivity contribution in [3.63, 3.8) is 0 Å². The van der Waals surface area contributed by atoms with E-state index in [0.717, 1.165) is 17.2 Å². The molecule has 0 aromatic heterocycles. The molecule has 0 aliphatic heterocycles. The summed E-state index contributed by atoms with van der Waals surface area (Å²) in [6, 6.07) is 7.41. The predicted molar refractivity (Wildman–Crippen MR) is 86.2 cm³/mol. The van der Waals surface area contributed by atoms with E-state index in [1.807, 2.05) is 11.5 Å². The zero-order valence-electron chi connectivity index (χ0n) is 13.5. The fourth-order valence-electron chi connectivity index (χ4n) is 2.06. The standard InChI is InChI=1S/C16H16F2N2O4S/c1-10-4-3-5-11(2)16(10)24-9-15(21)19-20-25(22,23)14-8-12(17)6-7-13(14)18/h3-8,20H,9H2,1-2H3,(H,19,21). The number of hydrogen-bond acceptors (Lipinski definition) is 4. The van der Waals surface area contributed by atoms with Crippen molar-refractivity contribution in [3.8, 4) is 5.75 Å². The number of aryl methyl sites for hydroxylation is 2. The van der Waals surface area contributed by atoms with Crippen molar-refractivity contribution in [2.24, 2.45) is 0 Å². The van der Waals surface area contributed by atoms with E-state index in [-0.39, 0.29) is 0 Å². The third-order valence-electron chi connectivity index (χ3n) is 3.26. The van der Waals surface area contributed by atoms with Crippen molar-refractivity contribution in [2.75, 3.05) is 6.61 Å². The van der Waals surface area contributed by atoms with E-state index in [0.29, 0.717) is 17.9 Å². The van der Waals surface area contributed by atoms with Gasteiger partial charge in [0, 0.05) is 0 Å². The fraction of sp³-hybridized carbons (Fsp3) is 0.188. The molecule has 0 spiro atoms. The number of amides is 1. The molecule has 1 amide bonds. The van der Waals surface area contributed by atoms with Crippen LogP contribution in [0.2, 0.25) is 0 Å². The Morgan fingerprint density at radius 3 is 2.40 bits per heavy atom. The largest absolute Gasteiger partial charge is 0.483 e. The van der Waals surface area contributed by atoms with E-state index in [2.05, 4.69) is 0 Å². The third kappa shape index (κ3) is 4.74. The second-order valence-electron chi connectivity index (χ2n) is 5.24. The number of nitrogens with one attached hydrogen (secondary N) is 2. The Bertz CT molecular complexity index is 881. The summed E-state index contributed by atoms with van der Waals surface area (Å²) >= 11 is 0. The van der Waals surface area contributed by atoms with Gasteiger partial charge in [0.25, 0.3) is 15.9 Å². The van der Waals surface area contributed by atoms with Crippen LogP contribution >= 0.6 is 0 Å². The number of carbonyl (C=O) groups is 1. The molecule has 9 heteroatoms. The number of ether oxygens (including phenoxy) is 1. The van der Waals surface area contributed by atoms with Gasteiger partial charge in [-0.3, -0.25) is 10.2 Å². The third-order valence-corrected chi connectivity index (χ3v) is 4.53. The zero-order valence-corrected chi connectivity index (χ0v) is 14.3. The maximum Gasteiger partial charge on any atom is 0.272 e. The number of benzene rings is 2. The van der Waals surface area contributed by atoms with E-state index in [1.165, 1.54) is 0 Å². The van der Waals surface area contributed by atoms with Gasteiger partial charge in [0.05, 0.1) is 0 Å². The van der Waals surface area contributed by atoms with Crippen molar-refractivity contribution >= 4 is 15.9 Å². The molecule has 6 nitrogen and oxygen atoms in total. The lowest BCUT2D eigenvalue weighted by Crippen LogP contribution is -2.44. The summed E-state index contributed by atoms with van der Waals surface area (Å²) < 4.78 is 55.8. The van der Waals surface area contributed by atoms with Gasteiger partial charge in [-0.15, -0.1) is 4.83 Å². The molecular formula is C16H16F2N2O4S. The number of hydrazine groups is 1. The first-order chi connectivity index (χ1) is 11.7. The van der Waals surface area contributed by atoms with Gasteiger partial charge in [-0.25, -0.2) is 17.2 Å². The first kappa shape index (κ1) is 18.8. The summed E-state index contributed by atoms with van der Waals surface area (Å²) in [5, 5.41) is 0. The minimum Gasteiger partial charge on any atom is -0.483 e. The summed E-state index contributed by atoms with van der Waals surface area (Å²) in [5.74, 6) is -2.36. The Balaban J connectivity index is 1.98. The fourth-order valence-corrected chi connectivity index (χ4v) is 3.01. The molecule has 0 saturated carbocycles. The molecule has 134 valence electrons. The molecule has 2 aromatic carbocycles. The van der Waals surface area contributed by atoms with Gasteiger partial charge >= 0.3 is 0 Å². The van der Waals surface area contributed by atoms with Crippen LogP contribution in [0.3, 0.4) is 0 Å². The second-order valence-corrected chi connectivity index (χ2v) is 6.89. The second kappa shape index (κ2) is 7.58. The highest BCUT2D eigenvalue weighted by molar-refractivity contribution is 7.89. The van der Waals surface area contributed by atoms with E-state index in [1.54, 1.807) is 30.8 Å². The minimum absolute atomic E-state index is 0.458. The molecule has 0 unspecified atom stereocenters. The van der Waals surface area contributed by atoms with Crippen LogP contribution in [0, 0.1) is 25.5 Å². The Morgan fingerprint density at radius 1 is 1.12 bits per heavy atom. The maximum atomic E-state index is 13.5. The number of rotatable bonds is 6. The smallest absolute Gasteiger partial charge is 0.272 e. The Morgan fingerprint density at radius 2 is 1.76 bits per heavy atom. The van der Waals surface area contributed by atoms with Crippen LogP contribution in [-0.4, -0.2) is 20.9 Å². The first-order valence-electron chi connectivity index (χ1n) is 7.15. The normalized spacial score (nSPS) is 11.2. The van der Waals surface area contributed by atoms with Gasteiger partial charge in [-0.05, 0) is 43.2 Å². The number of carbonyl (C=O) groups excluding carboxylic acids is 1. The van der Waals surface area contributed by atoms with E-state index < -0.39 is 39.1 Å². The number of hydrogen-bond donors (Lipinski definition) is 2. The highest BCUT2D eigenvalue weighted by Crippen LogP contribution is 2.22. The van der Waals surface area contributed by atoms with Crippen LogP contribution < -0.4 is 15.0 Å². The molecule has 0 aliphatic carbocycles. The topological polar surface area (TPSA) is 84.5 Å². The molecule has 0 radical (unpaired) electrons. The highest BCUT2D eigenvalue weighted by atomic mass is 32.2. The van der Waals surface area contributed by atoms with Gasteiger partial charge in [0.15, 0.2) is 6.61 Å². The lowest BCUT2D eigenvalue weighted by atomic mass is 10.1. The van der Waals surface area contributed by atoms with Crippen molar-refractivity contribution in [2.45, 2.75) is 18.7 Å². The Kier molecular flexibility index (Phi) is 5.70. The summed E-state index contributed by atoms with van der Waals surface area (Å²) in [5.41, 5.74) is 3.52. The van der Waals surface area contributed by atoms with Gasteiger partial charge in [0.1, 0.15) is 22.3 Å². The molecule has 2 N–H and O–H groups in total. The SMILES string of the molecule is Cc1cccc(C)c1OCC(=O)NNS(=O)(=O)c1cc(F)ccc1F. The van der Waals surface area contributed by atoms with Crippen LogP contribution in [-0.2, 0) is 14.8 Å². The lowest BCUT2D eigenvalue weighted by molar-refractivity contribution is -0.123. The lowest BCUT2D eigenvalue weighted by Gasteiger charge is -2.12. The summed E-state index contributed by atoms with van der Waals surface area (Å²) in [7, 11) is -4.46. The van der Waals surface area contributed by atoms with Crippen molar-refractivity contribution in [3.05, 3.63) is 59.2 Å². The summed E-state index contributed by atoms with van der Waals surface area (Å²) in [6.07, 6.45) is 0. The molecule has 25 heavy (non-hydrogen) atoms. The maximum absolute atomic E-state index is 13.5. The average molecular weight is 370 g/mol. The summed E-state index contributed by atoms with van der Waals surface area (Å²) in [6.45, 7) is 3.14. The van der Waals surface area contributed by atoms with Crippen LogP contribution in [0.15, 0.2) is 41.3 Å². The quantitative estimate of drug-likeness (QED) is 0.762. The Hall–Kier alpha value is -2.52. The molecule has 0 bridgehead atoms. The van der Waals surface area contributed by atoms with Crippen LogP contribution in [0.5, 0.6) is 5.75 Å². The number of halogens is 2. The van der Waals surface area contributed by atoms with Gasteiger partial charge < -0.3 is 4.74 Å². The zero-order chi connectivity index (χ0) is 18.6. The Labute approximate surface area is 143 Å².